The average Bonchev–Trinajstić information content (AvgIpc) is 3.63. The molecule has 0 atom stereocenters. The van der Waals surface area contributed by atoms with E-state index in [0.717, 1.165) is 17.9 Å². The lowest BCUT2D eigenvalue weighted by molar-refractivity contribution is 0.332. The lowest BCUT2D eigenvalue weighted by Crippen LogP contribution is -2.61. The summed E-state index contributed by atoms with van der Waals surface area (Å²) < 4.78 is 6.82. The molecule has 3 aliphatic heterocycles. The summed E-state index contributed by atoms with van der Waals surface area (Å²) in [4.78, 5) is 5.24. The van der Waals surface area contributed by atoms with Crippen molar-refractivity contribution in [2.45, 2.75) is 109 Å². The number of anilines is 6. The molecule has 340 valence electrons. The molecule has 0 bridgehead atoms. The summed E-state index contributed by atoms with van der Waals surface area (Å²) in [5.41, 5.74) is 24.1. The molecule has 0 N–H and O–H groups in total. The van der Waals surface area contributed by atoms with Crippen molar-refractivity contribution in [1.82, 2.24) is 0 Å². The molecule has 4 heteroatoms. The van der Waals surface area contributed by atoms with Gasteiger partial charge in [-0.25, -0.2) is 0 Å². The van der Waals surface area contributed by atoms with Gasteiger partial charge in [0.15, 0.2) is 0 Å². The number of nitrogens with zero attached hydrogens (tertiary/aromatic N) is 2. The Morgan fingerprint density at radius 1 is 0.449 bits per heavy atom. The lowest BCUT2D eigenvalue weighted by atomic mass is 9.33. The molecule has 13 rings (SSSR count). The molecule has 0 fully saturated rings. The van der Waals surface area contributed by atoms with E-state index in [0.29, 0.717) is 0 Å². The van der Waals surface area contributed by atoms with E-state index < -0.39 is 5.41 Å². The van der Waals surface area contributed by atoms with Gasteiger partial charge in [-0.3, -0.25) is 0 Å². The highest BCUT2D eigenvalue weighted by molar-refractivity contribution is 7.00. The number of hydrogen-bond acceptors (Lipinski definition) is 3. The van der Waals surface area contributed by atoms with Crippen LogP contribution in [-0.4, -0.2) is 6.71 Å². The molecule has 2 aliphatic carbocycles. The lowest BCUT2D eigenvalue weighted by Gasteiger charge is -2.46. The van der Waals surface area contributed by atoms with E-state index in [9.17, 15) is 0 Å². The standard InChI is InChI=1S/C65H61BN2O/c1-61(2,3)40-26-29-42(30-27-40)67-53-35-28-41(62(4,5)6)38-52(53)66-51-34-33-49-58(44-18-11-12-19-45(44)65(49)47-20-13-15-24-56(47)69-57-25-16-14-21-48(57)65)60(51)68(55-23-17-22-54(67)59(55)66)43-31-32-46-50(39-43)64(9,10)37-36-63(46,7)8/h11-35,38-39H,36-37H2,1-10H3. The quantitative estimate of drug-likeness (QED) is 0.161. The molecular weight excluding hydrogens is 836 g/mol. The van der Waals surface area contributed by atoms with Crippen molar-refractivity contribution in [3.05, 3.63) is 208 Å². The Morgan fingerprint density at radius 2 is 1.01 bits per heavy atom. The monoisotopic (exact) mass is 896 g/mol. The number of ether oxygens (including phenoxy) is 1. The second-order valence-electron chi connectivity index (χ2n) is 23.9. The van der Waals surface area contributed by atoms with Gasteiger partial charge in [0.2, 0.25) is 0 Å². The second-order valence-corrected chi connectivity index (χ2v) is 23.9. The fourth-order valence-electron chi connectivity index (χ4n) is 13.2. The van der Waals surface area contributed by atoms with E-state index in [1.54, 1.807) is 0 Å². The van der Waals surface area contributed by atoms with Gasteiger partial charge in [0.05, 0.1) is 5.41 Å². The summed E-state index contributed by atoms with van der Waals surface area (Å²) in [6.07, 6.45) is 2.33. The molecule has 5 aliphatic rings. The van der Waals surface area contributed by atoms with E-state index >= 15 is 0 Å². The molecule has 0 unspecified atom stereocenters. The van der Waals surface area contributed by atoms with Crippen molar-refractivity contribution >= 4 is 57.2 Å². The minimum atomic E-state index is -0.595. The van der Waals surface area contributed by atoms with Gasteiger partial charge in [0, 0.05) is 50.8 Å². The third-order valence-electron chi connectivity index (χ3n) is 16.9. The van der Waals surface area contributed by atoms with Gasteiger partial charge in [-0.2, -0.15) is 0 Å². The van der Waals surface area contributed by atoms with Crippen LogP contribution in [0.4, 0.5) is 34.1 Å². The Balaban J connectivity index is 1.17. The SMILES string of the molecule is CC(C)(C)c1ccc(N2c3ccc(C(C)(C)C)cc3B3c4ccc5c(c4N(c4ccc6c(c4)C(C)(C)CCC6(C)C)c4cccc2c43)-c2ccccc2C52c3ccccc3Oc3ccccc32)cc1. The van der Waals surface area contributed by atoms with Crippen LogP contribution in [0.25, 0.3) is 11.1 Å². The second kappa shape index (κ2) is 14.2. The number of para-hydroxylation sites is 2. The van der Waals surface area contributed by atoms with E-state index in [1.165, 1.54) is 113 Å². The van der Waals surface area contributed by atoms with Crippen LogP contribution in [0, 0.1) is 0 Å². The molecule has 0 saturated carbocycles. The van der Waals surface area contributed by atoms with Gasteiger partial charge in [0.1, 0.15) is 11.5 Å². The fraction of sp³-hybridized carbons (Fsp3) is 0.262. The van der Waals surface area contributed by atoms with Gasteiger partial charge in [-0.1, -0.05) is 178 Å². The Kier molecular flexibility index (Phi) is 8.69. The van der Waals surface area contributed by atoms with Gasteiger partial charge in [-0.05, 0) is 144 Å². The Labute approximate surface area is 409 Å². The summed E-state index contributed by atoms with van der Waals surface area (Å²) in [5, 5.41) is 0. The van der Waals surface area contributed by atoms with Gasteiger partial charge in [-0.15, -0.1) is 0 Å². The van der Waals surface area contributed by atoms with Gasteiger partial charge in [0.25, 0.3) is 6.71 Å². The molecule has 8 aromatic carbocycles. The highest BCUT2D eigenvalue weighted by atomic mass is 16.5. The number of rotatable bonds is 2. The minimum Gasteiger partial charge on any atom is -0.457 e. The van der Waals surface area contributed by atoms with Crippen molar-refractivity contribution in [1.29, 1.82) is 0 Å². The summed E-state index contributed by atoms with van der Waals surface area (Å²) in [5.74, 6) is 1.82. The third-order valence-corrected chi connectivity index (χ3v) is 16.9. The summed E-state index contributed by atoms with van der Waals surface area (Å²) in [6.45, 7) is 23.7. The molecule has 0 aromatic heterocycles. The van der Waals surface area contributed by atoms with E-state index in [1.807, 2.05) is 0 Å². The van der Waals surface area contributed by atoms with Crippen LogP contribution in [0.3, 0.4) is 0 Å². The van der Waals surface area contributed by atoms with Crippen LogP contribution in [0.15, 0.2) is 164 Å². The molecule has 69 heavy (non-hydrogen) atoms. The molecule has 3 nitrogen and oxygen atoms in total. The highest BCUT2D eigenvalue weighted by Crippen LogP contribution is 2.64. The summed E-state index contributed by atoms with van der Waals surface area (Å²) in [7, 11) is 0. The maximum atomic E-state index is 6.82. The number of hydrogen-bond donors (Lipinski definition) is 0. The first-order chi connectivity index (χ1) is 33.0. The molecule has 1 spiro atoms. The van der Waals surface area contributed by atoms with Crippen molar-refractivity contribution < 1.29 is 4.74 Å². The van der Waals surface area contributed by atoms with Crippen molar-refractivity contribution in [2.75, 3.05) is 9.80 Å². The van der Waals surface area contributed by atoms with Crippen LogP contribution in [0.2, 0.25) is 0 Å². The van der Waals surface area contributed by atoms with Crippen LogP contribution in [-0.2, 0) is 27.1 Å². The predicted molar refractivity (Wildman–Crippen MR) is 291 cm³/mol. The smallest absolute Gasteiger partial charge is 0.252 e. The summed E-state index contributed by atoms with van der Waals surface area (Å²) >= 11 is 0. The average molecular weight is 897 g/mol. The van der Waals surface area contributed by atoms with Crippen molar-refractivity contribution in [3.8, 4) is 22.6 Å². The third kappa shape index (κ3) is 5.81. The van der Waals surface area contributed by atoms with Crippen LogP contribution in [0.1, 0.15) is 127 Å². The van der Waals surface area contributed by atoms with Crippen LogP contribution in [0.5, 0.6) is 11.5 Å². The van der Waals surface area contributed by atoms with E-state index in [-0.39, 0.29) is 28.4 Å². The number of fused-ring (bicyclic) bond motifs is 15. The maximum absolute atomic E-state index is 6.82. The maximum Gasteiger partial charge on any atom is 0.252 e. The van der Waals surface area contributed by atoms with Crippen LogP contribution >= 0.6 is 0 Å². The topological polar surface area (TPSA) is 15.7 Å². The van der Waals surface area contributed by atoms with Crippen LogP contribution < -0.4 is 30.9 Å². The first-order valence-electron chi connectivity index (χ1n) is 25.3. The zero-order valence-corrected chi connectivity index (χ0v) is 41.9. The Hall–Kier alpha value is -6.78. The van der Waals surface area contributed by atoms with Gasteiger partial charge < -0.3 is 14.5 Å². The fourth-order valence-corrected chi connectivity index (χ4v) is 13.2. The zero-order valence-electron chi connectivity index (χ0n) is 41.9. The normalized spacial score (nSPS) is 17.1. The van der Waals surface area contributed by atoms with Crippen molar-refractivity contribution in [3.63, 3.8) is 0 Å². The molecule has 3 heterocycles. The van der Waals surface area contributed by atoms with E-state index in [2.05, 4.69) is 243 Å². The first kappa shape index (κ1) is 42.3. The number of benzene rings is 8. The molecule has 0 radical (unpaired) electrons. The van der Waals surface area contributed by atoms with Crippen molar-refractivity contribution in [2.24, 2.45) is 0 Å². The molecular formula is C65H61BN2O. The Morgan fingerprint density at radius 3 is 1.68 bits per heavy atom. The van der Waals surface area contributed by atoms with Gasteiger partial charge >= 0.3 is 0 Å². The highest BCUT2D eigenvalue weighted by Gasteiger charge is 2.54. The van der Waals surface area contributed by atoms with E-state index in [4.69, 9.17) is 4.74 Å². The minimum absolute atomic E-state index is 0.0267. The largest absolute Gasteiger partial charge is 0.457 e. The Bertz CT molecular complexity index is 3430. The summed E-state index contributed by atoms with van der Waals surface area (Å²) in [6, 6.07) is 63.1. The predicted octanol–water partition coefficient (Wildman–Crippen LogP) is 15.2. The molecule has 0 amide bonds. The first-order valence-corrected chi connectivity index (χ1v) is 25.3. The molecule has 0 saturated heterocycles. The zero-order chi connectivity index (χ0) is 47.6. The molecule has 8 aromatic rings.